The van der Waals surface area contributed by atoms with Crippen molar-refractivity contribution in [1.29, 1.82) is 0 Å². The minimum atomic E-state index is 0.105. The Kier molecular flexibility index (Phi) is 4.21. The summed E-state index contributed by atoms with van der Waals surface area (Å²) in [5.41, 5.74) is 7.14. The van der Waals surface area contributed by atoms with Crippen molar-refractivity contribution in [3.63, 3.8) is 0 Å². The number of aromatic nitrogens is 2. The number of piperidine rings is 1. The number of rotatable bonds is 3. The molecular formula is C16H21ClN4O. The summed E-state index contributed by atoms with van der Waals surface area (Å²) in [6.45, 7) is 6.95. The fourth-order valence-electron chi connectivity index (χ4n) is 2.88. The maximum atomic E-state index is 6.17. The van der Waals surface area contributed by atoms with Crippen LogP contribution in [-0.2, 0) is 6.54 Å². The van der Waals surface area contributed by atoms with Crippen LogP contribution in [0.25, 0.3) is 11.4 Å². The van der Waals surface area contributed by atoms with Gasteiger partial charge in [0.1, 0.15) is 0 Å². The van der Waals surface area contributed by atoms with Gasteiger partial charge in [-0.05, 0) is 24.0 Å². The van der Waals surface area contributed by atoms with Gasteiger partial charge >= 0.3 is 0 Å². The van der Waals surface area contributed by atoms with Gasteiger partial charge in [0.2, 0.25) is 11.7 Å². The highest BCUT2D eigenvalue weighted by molar-refractivity contribution is 6.30. The van der Waals surface area contributed by atoms with Gasteiger partial charge in [-0.25, -0.2) is 0 Å². The summed E-state index contributed by atoms with van der Waals surface area (Å²) in [5.74, 6) is 1.20. The standard InChI is InChI=1S/C16H21ClN4O/c1-16(2)10-21(7-6-13(16)18)9-14-19-15(20-22-14)11-4-3-5-12(17)8-11/h3-5,8,13H,6-7,9-10,18H2,1-2H3. The summed E-state index contributed by atoms with van der Waals surface area (Å²) < 4.78 is 5.38. The molecule has 2 N–H and O–H groups in total. The highest BCUT2D eigenvalue weighted by Gasteiger charge is 2.33. The molecule has 1 fully saturated rings. The van der Waals surface area contributed by atoms with Crippen molar-refractivity contribution in [2.24, 2.45) is 11.1 Å². The third kappa shape index (κ3) is 3.32. The van der Waals surface area contributed by atoms with Crippen LogP contribution >= 0.6 is 11.6 Å². The number of likely N-dealkylation sites (tertiary alicyclic amines) is 1. The van der Waals surface area contributed by atoms with Crippen LogP contribution in [0.3, 0.4) is 0 Å². The van der Waals surface area contributed by atoms with Gasteiger partial charge in [-0.2, -0.15) is 4.98 Å². The van der Waals surface area contributed by atoms with Crippen LogP contribution in [0.15, 0.2) is 28.8 Å². The quantitative estimate of drug-likeness (QED) is 0.941. The van der Waals surface area contributed by atoms with Crippen LogP contribution in [0, 0.1) is 5.41 Å². The van der Waals surface area contributed by atoms with Gasteiger partial charge in [0, 0.05) is 29.7 Å². The van der Waals surface area contributed by atoms with E-state index in [9.17, 15) is 0 Å². The molecule has 0 saturated carbocycles. The first-order chi connectivity index (χ1) is 10.4. The van der Waals surface area contributed by atoms with Crippen molar-refractivity contribution < 1.29 is 4.52 Å². The molecule has 0 aliphatic carbocycles. The van der Waals surface area contributed by atoms with Crippen molar-refractivity contribution in [3.05, 3.63) is 35.2 Å². The zero-order chi connectivity index (χ0) is 15.7. The molecule has 2 aromatic rings. The van der Waals surface area contributed by atoms with E-state index >= 15 is 0 Å². The zero-order valence-corrected chi connectivity index (χ0v) is 13.7. The van der Waals surface area contributed by atoms with Gasteiger partial charge < -0.3 is 10.3 Å². The fourth-order valence-corrected chi connectivity index (χ4v) is 3.07. The van der Waals surface area contributed by atoms with E-state index in [1.54, 1.807) is 0 Å². The maximum absolute atomic E-state index is 6.17. The van der Waals surface area contributed by atoms with Gasteiger partial charge in [0.05, 0.1) is 6.54 Å². The first-order valence-corrected chi connectivity index (χ1v) is 7.88. The predicted molar refractivity (Wildman–Crippen MR) is 86.4 cm³/mol. The summed E-state index contributed by atoms with van der Waals surface area (Å²) in [4.78, 5) is 6.79. The number of benzene rings is 1. The van der Waals surface area contributed by atoms with Gasteiger partial charge in [-0.15, -0.1) is 0 Å². The lowest BCUT2D eigenvalue weighted by Gasteiger charge is -2.42. The molecule has 1 aromatic carbocycles. The highest BCUT2D eigenvalue weighted by atomic mass is 35.5. The highest BCUT2D eigenvalue weighted by Crippen LogP contribution is 2.28. The summed E-state index contributed by atoms with van der Waals surface area (Å²) in [6.07, 6.45) is 0.988. The second kappa shape index (κ2) is 5.99. The molecule has 1 aromatic heterocycles. The van der Waals surface area contributed by atoms with E-state index in [4.69, 9.17) is 21.9 Å². The summed E-state index contributed by atoms with van der Waals surface area (Å²) in [5, 5.41) is 4.71. The first-order valence-electron chi connectivity index (χ1n) is 7.50. The molecule has 1 atom stereocenters. The normalized spacial score (nSPS) is 21.9. The second-order valence-corrected chi connectivity index (χ2v) is 7.05. The van der Waals surface area contributed by atoms with Crippen LogP contribution in [-0.4, -0.2) is 34.2 Å². The topological polar surface area (TPSA) is 68.2 Å². The van der Waals surface area contributed by atoms with E-state index in [0.717, 1.165) is 25.1 Å². The number of halogens is 1. The van der Waals surface area contributed by atoms with Crippen LogP contribution < -0.4 is 5.73 Å². The van der Waals surface area contributed by atoms with E-state index in [0.29, 0.717) is 23.3 Å². The largest absolute Gasteiger partial charge is 0.338 e. The van der Waals surface area contributed by atoms with Crippen molar-refractivity contribution >= 4 is 11.6 Å². The molecule has 0 spiro atoms. The molecule has 118 valence electrons. The molecule has 0 radical (unpaired) electrons. The lowest BCUT2D eigenvalue weighted by atomic mass is 9.80. The Morgan fingerprint density at radius 3 is 3.00 bits per heavy atom. The lowest BCUT2D eigenvalue weighted by Crippen LogP contribution is -2.52. The third-order valence-corrected chi connectivity index (χ3v) is 4.54. The molecule has 6 heteroatoms. The Hall–Kier alpha value is -1.43. The molecule has 1 saturated heterocycles. The molecular weight excluding hydrogens is 300 g/mol. The SMILES string of the molecule is CC1(C)CN(Cc2nc(-c3cccc(Cl)c3)no2)CCC1N. The second-order valence-electron chi connectivity index (χ2n) is 6.62. The van der Waals surface area contributed by atoms with Crippen molar-refractivity contribution in [2.75, 3.05) is 13.1 Å². The molecule has 1 aliphatic heterocycles. The van der Waals surface area contributed by atoms with E-state index in [1.165, 1.54) is 0 Å². The Morgan fingerprint density at radius 2 is 2.27 bits per heavy atom. The Morgan fingerprint density at radius 1 is 1.45 bits per heavy atom. The summed E-state index contributed by atoms with van der Waals surface area (Å²) in [6, 6.07) is 7.70. The van der Waals surface area contributed by atoms with Crippen LogP contribution in [0.4, 0.5) is 0 Å². The van der Waals surface area contributed by atoms with E-state index in [-0.39, 0.29) is 11.5 Å². The van der Waals surface area contributed by atoms with E-state index < -0.39 is 0 Å². The fraction of sp³-hybridized carbons (Fsp3) is 0.500. The van der Waals surface area contributed by atoms with E-state index in [1.807, 2.05) is 24.3 Å². The van der Waals surface area contributed by atoms with Crippen LogP contribution in [0.2, 0.25) is 5.02 Å². The smallest absolute Gasteiger partial charge is 0.241 e. The number of nitrogens with zero attached hydrogens (tertiary/aromatic N) is 3. The van der Waals surface area contributed by atoms with Crippen LogP contribution in [0.1, 0.15) is 26.2 Å². The summed E-state index contributed by atoms with van der Waals surface area (Å²) >= 11 is 6.00. The molecule has 1 aliphatic rings. The zero-order valence-electron chi connectivity index (χ0n) is 12.9. The van der Waals surface area contributed by atoms with E-state index in [2.05, 4.69) is 28.9 Å². The van der Waals surface area contributed by atoms with Gasteiger partial charge in [0.15, 0.2) is 0 Å². The summed E-state index contributed by atoms with van der Waals surface area (Å²) in [7, 11) is 0. The Labute approximate surface area is 135 Å². The maximum Gasteiger partial charge on any atom is 0.241 e. The van der Waals surface area contributed by atoms with Gasteiger partial charge in [0.25, 0.3) is 0 Å². The van der Waals surface area contributed by atoms with Crippen molar-refractivity contribution in [2.45, 2.75) is 32.9 Å². The van der Waals surface area contributed by atoms with Gasteiger partial charge in [-0.1, -0.05) is 42.7 Å². The molecule has 3 rings (SSSR count). The average molecular weight is 321 g/mol. The lowest BCUT2D eigenvalue weighted by molar-refractivity contribution is 0.0811. The molecule has 2 heterocycles. The monoisotopic (exact) mass is 320 g/mol. The Bertz CT molecular complexity index is 655. The Balaban J connectivity index is 1.70. The molecule has 0 bridgehead atoms. The van der Waals surface area contributed by atoms with Crippen molar-refractivity contribution in [3.8, 4) is 11.4 Å². The van der Waals surface area contributed by atoms with Gasteiger partial charge in [-0.3, -0.25) is 4.90 Å². The number of hydrogen-bond acceptors (Lipinski definition) is 5. The molecule has 5 nitrogen and oxygen atoms in total. The minimum absolute atomic E-state index is 0.105. The average Bonchev–Trinajstić information content (AvgIpc) is 2.91. The first kappa shape index (κ1) is 15.5. The number of nitrogens with two attached hydrogens (primary N) is 1. The third-order valence-electron chi connectivity index (χ3n) is 4.30. The molecule has 0 amide bonds. The molecule has 22 heavy (non-hydrogen) atoms. The van der Waals surface area contributed by atoms with Crippen molar-refractivity contribution in [1.82, 2.24) is 15.0 Å². The number of hydrogen-bond donors (Lipinski definition) is 1. The minimum Gasteiger partial charge on any atom is -0.338 e. The van der Waals surface area contributed by atoms with Crippen LogP contribution in [0.5, 0.6) is 0 Å². The molecule has 1 unspecified atom stereocenters. The predicted octanol–water partition coefficient (Wildman–Crippen LogP) is 2.95.